The van der Waals surface area contributed by atoms with E-state index in [-0.39, 0.29) is 5.91 Å². The van der Waals surface area contributed by atoms with E-state index in [4.69, 9.17) is 0 Å². The van der Waals surface area contributed by atoms with Gasteiger partial charge in [-0.15, -0.1) is 0 Å². The van der Waals surface area contributed by atoms with Gasteiger partial charge in [-0.1, -0.05) is 0 Å². The zero-order chi connectivity index (χ0) is 16.2. The number of nitrogens with one attached hydrogen (secondary N) is 1. The number of hydrogen-bond donors (Lipinski definition) is 1. The molecule has 0 spiro atoms. The number of pyridine rings is 1. The summed E-state index contributed by atoms with van der Waals surface area (Å²) in [6.07, 6.45) is 4.94. The molecule has 1 aliphatic heterocycles. The van der Waals surface area contributed by atoms with E-state index in [1.165, 1.54) is 5.69 Å². The molecule has 0 aliphatic carbocycles. The predicted molar refractivity (Wildman–Crippen MR) is 89.3 cm³/mol. The van der Waals surface area contributed by atoms with Crippen LogP contribution in [0.3, 0.4) is 0 Å². The lowest BCUT2D eigenvalue weighted by atomic mass is 10.2. The Bertz CT molecular complexity index is 667. The number of aromatic nitrogens is 3. The largest absolute Gasteiger partial charge is 0.325 e. The van der Waals surface area contributed by atoms with Crippen LogP contribution in [0.2, 0.25) is 0 Å². The third kappa shape index (κ3) is 3.96. The summed E-state index contributed by atoms with van der Waals surface area (Å²) in [4.78, 5) is 18.3. The molecule has 6 nitrogen and oxygen atoms in total. The first-order chi connectivity index (χ1) is 11.1. The van der Waals surface area contributed by atoms with Gasteiger partial charge in [-0.05, 0) is 38.5 Å². The molecule has 1 amide bonds. The van der Waals surface area contributed by atoms with Crippen LogP contribution < -0.4 is 5.32 Å². The van der Waals surface area contributed by atoms with Gasteiger partial charge in [0.25, 0.3) is 0 Å². The van der Waals surface area contributed by atoms with Crippen molar-refractivity contribution in [2.75, 3.05) is 25.0 Å². The summed E-state index contributed by atoms with van der Waals surface area (Å²) in [5, 5.41) is 7.46. The summed E-state index contributed by atoms with van der Waals surface area (Å²) < 4.78 is 2.13. The van der Waals surface area contributed by atoms with E-state index in [0.717, 1.165) is 37.4 Å². The van der Waals surface area contributed by atoms with Crippen molar-refractivity contribution < 1.29 is 4.79 Å². The van der Waals surface area contributed by atoms with Crippen LogP contribution in [0.1, 0.15) is 30.3 Å². The topological polar surface area (TPSA) is 63.1 Å². The van der Waals surface area contributed by atoms with Crippen molar-refractivity contribution in [2.24, 2.45) is 0 Å². The Hall–Kier alpha value is -2.21. The van der Waals surface area contributed by atoms with Gasteiger partial charge in [-0.25, -0.2) is 0 Å². The standard InChI is InChI=1S/C17H23N5O/c1-13-10-14(2)22(20-13)16-5-8-21(12-16)9-6-17(23)19-15-4-3-7-18-11-15/h3-4,7,10-11,16H,5-6,8-9,12H2,1-2H3,(H,19,23)/t16-/m0/s1. The Morgan fingerprint density at radius 3 is 3.00 bits per heavy atom. The van der Waals surface area contributed by atoms with Crippen molar-refractivity contribution in [1.29, 1.82) is 0 Å². The van der Waals surface area contributed by atoms with E-state index in [9.17, 15) is 4.79 Å². The lowest BCUT2D eigenvalue weighted by molar-refractivity contribution is -0.116. The third-order valence-corrected chi connectivity index (χ3v) is 4.24. The van der Waals surface area contributed by atoms with Gasteiger partial charge in [0.05, 0.1) is 23.6 Å². The average Bonchev–Trinajstić information content (AvgIpc) is 3.12. The minimum atomic E-state index is 0.0348. The van der Waals surface area contributed by atoms with Gasteiger partial charge in [0.2, 0.25) is 5.91 Å². The second-order valence-electron chi connectivity index (χ2n) is 6.15. The third-order valence-electron chi connectivity index (χ3n) is 4.24. The number of nitrogens with zero attached hydrogens (tertiary/aromatic N) is 4. The summed E-state index contributed by atoms with van der Waals surface area (Å²) >= 11 is 0. The molecule has 23 heavy (non-hydrogen) atoms. The van der Waals surface area contributed by atoms with E-state index in [2.05, 4.69) is 38.0 Å². The average molecular weight is 313 g/mol. The molecule has 0 unspecified atom stereocenters. The lowest BCUT2D eigenvalue weighted by Crippen LogP contribution is -2.26. The predicted octanol–water partition coefficient (Wildman–Crippen LogP) is 2.17. The molecule has 2 aromatic heterocycles. The van der Waals surface area contributed by atoms with Crippen molar-refractivity contribution in [3.63, 3.8) is 0 Å². The van der Waals surface area contributed by atoms with E-state index < -0.39 is 0 Å². The maximum Gasteiger partial charge on any atom is 0.225 e. The highest BCUT2D eigenvalue weighted by atomic mass is 16.1. The zero-order valence-electron chi connectivity index (χ0n) is 13.7. The molecule has 0 radical (unpaired) electrons. The van der Waals surface area contributed by atoms with Crippen molar-refractivity contribution >= 4 is 11.6 Å². The first-order valence-electron chi connectivity index (χ1n) is 8.07. The highest BCUT2D eigenvalue weighted by Crippen LogP contribution is 2.23. The molecule has 0 bridgehead atoms. The fourth-order valence-corrected chi connectivity index (χ4v) is 3.15. The fourth-order valence-electron chi connectivity index (χ4n) is 3.15. The van der Waals surface area contributed by atoms with Gasteiger partial charge in [0.1, 0.15) is 0 Å². The Balaban J connectivity index is 1.47. The highest BCUT2D eigenvalue weighted by Gasteiger charge is 2.25. The summed E-state index contributed by atoms with van der Waals surface area (Å²) in [6, 6.07) is 6.20. The van der Waals surface area contributed by atoms with Crippen LogP contribution in [0.15, 0.2) is 30.6 Å². The van der Waals surface area contributed by atoms with Gasteiger partial charge < -0.3 is 10.2 Å². The van der Waals surface area contributed by atoms with Crippen molar-refractivity contribution in [1.82, 2.24) is 19.7 Å². The minimum absolute atomic E-state index is 0.0348. The first kappa shape index (κ1) is 15.7. The van der Waals surface area contributed by atoms with Gasteiger partial charge in [-0.2, -0.15) is 5.10 Å². The SMILES string of the molecule is Cc1cc(C)n([C@H]2CCN(CCC(=O)Nc3cccnc3)C2)n1. The summed E-state index contributed by atoms with van der Waals surface area (Å²) in [5.74, 6) is 0.0348. The molecule has 3 heterocycles. The number of amides is 1. The van der Waals surface area contributed by atoms with E-state index >= 15 is 0 Å². The smallest absolute Gasteiger partial charge is 0.225 e. The number of rotatable bonds is 5. The van der Waals surface area contributed by atoms with Gasteiger partial charge in [0, 0.05) is 37.9 Å². The number of aryl methyl sites for hydroxylation is 2. The second-order valence-corrected chi connectivity index (χ2v) is 6.15. The van der Waals surface area contributed by atoms with E-state index in [1.54, 1.807) is 12.4 Å². The molecule has 6 heteroatoms. The maximum atomic E-state index is 12.0. The Morgan fingerprint density at radius 2 is 2.30 bits per heavy atom. The second kappa shape index (κ2) is 6.91. The Kier molecular flexibility index (Phi) is 4.71. The Labute approximate surface area is 136 Å². The number of anilines is 1. The van der Waals surface area contributed by atoms with E-state index in [1.807, 2.05) is 19.1 Å². The number of hydrogen-bond acceptors (Lipinski definition) is 4. The molecule has 1 N–H and O–H groups in total. The normalized spacial score (nSPS) is 18.3. The molecule has 0 saturated carbocycles. The highest BCUT2D eigenvalue weighted by molar-refractivity contribution is 5.90. The molecule has 1 saturated heterocycles. The monoisotopic (exact) mass is 313 g/mol. The molecule has 1 atom stereocenters. The van der Waals surface area contributed by atoms with Crippen LogP contribution in [0.5, 0.6) is 0 Å². The van der Waals surface area contributed by atoms with Crippen molar-refractivity contribution in [3.05, 3.63) is 42.0 Å². The molecule has 2 aromatic rings. The fraction of sp³-hybridized carbons (Fsp3) is 0.471. The quantitative estimate of drug-likeness (QED) is 0.919. The molecule has 122 valence electrons. The van der Waals surface area contributed by atoms with Crippen LogP contribution in [0.25, 0.3) is 0 Å². The Morgan fingerprint density at radius 1 is 1.43 bits per heavy atom. The molecule has 1 fully saturated rings. The lowest BCUT2D eigenvalue weighted by Gasteiger charge is -2.16. The molecule has 3 rings (SSSR count). The van der Waals surface area contributed by atoms with E-state index in [0.29, 0.717) is 12.5 Å². The minimum Gasteiger partial charge on any atom is -0.325 e. The van der Waals surface area contributed by atoms with Crippen LogP contribution in [-0.2, 0) is 4.79 Å². The summed E-state index contributed by atoms with van der Waals surface area (Å²) in [7, 11) is 0. The van der Waals surface area contributed by atoms with Crippen LogP contribution in [-0.4, -0.2) is 45.2 Å². The van der Waals surface area contributed by atoms with Gasteiger partial charge in [-0.3, -0.25) is 14.5 Å². The molecular formula is C17H23N5O. The first-order valence-corrected chi connectivity index (χ1v) is 8.07. The molecule has 1 aliphatic rings. The number of likely N-dealkylation sites (tertiary alicyclic amines) is 1. The zero-order valence-corrected chi connectivity index (χ0v) is 13.7. The van der Waals surface area contributed by atoms with Crippen LogP contribution >= 0.6 is 0 Å². The molecular weight excluding hydrogens is 290 g/mol. The van der Waals surface area contributed by atoms with Crippen molar-refractivity contribution in [3.8, 4) is 0 Å². The number of carbonyl (C=O) groups is 1. The summed E-state index contributed by atoms with van der Waals surface area (Å²) in [5.41, 5.74) is 3.03. The summed E-state index contributed by atoms with van der Waals surface area (Å²) in [6.45, 7) is 6.89. The maximum absolute atomic E-state index is 12.0. The van der Waals surface area contributed by atoms with Crippen LogP contribution in [0.4, 0.5) is 5.69 Å². The molecule has 0 aromatic carbocycles. The van der Waals surface area contributed by atoms with Crippen LogP contribution in [0, 0.1) is 13.8 Å². The van der Waals surface area contributed by atoms with Gasteiger partial charge in [0.15, 0.2) is 0 Å². The number of carbonyl (C=O) groups excluding carboxylic acids is 1. The van der Waals surface area contributed by atoms with Gasteiger partial charge >= 0.3 is 0 Å². The van der Waals surface area contributed by atoms with Crippen molar-refractivity contribution in [2.45, 2.75) is 32.7 Å².